The van der Waals surface area contributed by atoms with Gasteiger partial charge in [0.1, 0.15) is 11.6 Å². The number of hydrogen-bond acceptors (Lipinski definition) is 3. The van der Waals surface area contributed by atoms with E-state index in [1.54, 1.807) is 6.92 Å². The van der Waals surface area contributed by atoms with Gasteiger partial charge in [0.05, 0.1) is 11.7 Å². The molecular weight excluding hydrogens is 364 g/mol. The summed E-state index contributed by atoms with van der Waals surface area (Å²) in [6.07, 6.45) is 1.26. The summed E-state index contributed by atoms with van der Waals surface area (Å²) in [5.41, 5.74) is 0.591. The first-order chi connectivity index (χ1) is 13.4. The van der Waals surface area contributed by atoms with E-state index in [1.807, 2.05) is 35.2 Å². The lowest BCUT2D eigenvalue weighted by atomic mass is 9.94. The first-order valence-corrected chi connectivity index (χ1v) is 9.30. The molecule has 1 fully saturated rings. The van der Waals surface area contributed by atoms with Crippen LogP contribution in [-0.4, -0.2) is 35.8 Å². The largest absolute Gasteiger partial charge is 0.326 e. The maximum absolute atomic E-state index is 13.7. The van der Waals surface area contributed by atoms with Crippen molar-refractivity contribution >= 4 is 23.2 Å². The molecule has 3 rings (SSSR count). The van der Waals surface area contributed by atoms with E-state index in [0.717, 1.165) is 23.9 Å². The van der Waals surface area contributed by atoms with E-state index in [0.29, 0.717) is 25.9 Å². The summed E-state index contributed by atoms with van der Waals surface area (Å²) in [4.78, 5) is 26.8. The van der Waals surface area contributed by atoms with Crippen molar-refractivity contribution in [1.29, 1.82) is 0 Å². The summed E-state index contributed by atoms with van der Waals surface area (Å²) in [5, 5.41) is 5.35. The number of hydrogen-bond donors (Lipinski definition) is 2. The second-order valence-corrected chi connectivity index (χ2v) is 6.95. The number of para-hydroxylation sites is 1. The Morgan fingerprint density at radius 2 is 1.71 bits per heavy atom. The molecule has 0 radical (unpaired) electrons. The molecule has 1 aliphatic heterocycles. The van der Waals surface area contributed by atoms with Crippen LogP contribution in [0.1, 0.15) is 19.8 Å². The lowest BCUT2D eigenvalue weighted by molar-refractivity contribution is -0.123. The van der Waals surface area contributed by atoms with Gasteiger partial charge in [-0.15, -0.1) is 0 Å². The molecule has 7 heteroatoms. The number of benzene rings is 2. The highest BCUT2D eigenvalue weighted by Gasteiger charge is 2.30. The lowest BCUT2D eigenvalue weighted by Crippen LogP contribution is -2.47. The summed E-state index contributed by atoms with van der Waals surface area (Å²) in [7, 11) is 0. The molecule has 2 aromatic carbocycles. The highest BCUT2D eigenvalue weighted by Crippen LogP contribution is 2.22. The van der Waals surface area contributed by atoms with E-state index in [-0.39, 0.29) is 17.5 Å². The highest BCUT2D eigenvalue weighted by molar-refractivity contribution is 5.95. The molecule has 0 unspecified atom stereocenters. The first-order valence-electron chi connectivity index (χ1n) is 9.30. The molecule has 5 nitrogen and oxygen atoms in total. The van der Waals surface area contributed by atoms with Crippen LogP contribution >= 0.6 is 0 Å². The third kappa shape index (κ3) is 4.92. The van der Waals surface area contributed by atoms with Crippen molar-refractivity contribution in [2.75, 3.05) is 23.7 Å². The number of likely N-dealkylation sites (tertiary alicyclic amines) is 1. The smallest absolute Gasteiger partial charge is 0.241 e. The van der Waals surface area contributed by atoms with Crippen LogP contribution in [0, 0.1) is 17.6 Å². The Labute approximate surface area is 162 Å². The average molecular weight is 387 g/mol. The summed E-state index contributed by atoms with van der Waals surface area (Å²) in [5.74, 6) is -1.85. The van der Waals surface area contributed by atoms with Crippen molar-refractivity contribution < 1.29 is 18.4 Å². The number of piperidine rings is 1. The van der Waals surface area contributed by atoms with Gasteiger partial charge in [-0.3, -0.25) is 14.5 Å². The van der Waals surface area contributed by atoms with Crippen molar-refractivity contribution in [3.8, 4) is 0 Å². The van der Waals surface area contributed by atoms with E-state index >= 15 is 0 Å². The first kappa shape index (κ1) is 19.9. The fourth-order valence-electron chi connectivity index (χ4n) is 3.31. The number of carbonyl (C=O) groups excluding carboxylic acids is 2. The van der Waals surface area contributed by atoms with Crippen molar-refractivity contribution in [2.24, 2.45) is 5.92 Å². The molecule has 148 valence electrons. The van der Waals surface area contributed by atoms with E-state index < -0.39 is 23.6 Å². The summed E-state index contributed by atoms with van der Waals surface area (Å²) >= 11 is 0. The van der Waals surface area contributed by atoms with Crippen LogP contribution in [0.15, 0.2) is 48.5 Å². The monoisotopic (exact) mass is 387 g/mol. The van der Waals surface area contributed by atoms with Crippen LogP contribution in [0.3, 0.4) is 0 Å². The minimum Gasteiger partial charge on any atom is -0.326 e. The Balaban J connectivity index is 1.51. The zero-order chi connectivity index (χ0) is 20.1. The van der Waals surface area contributed by atoms with Gasteiger partial charge in [-0.2, -0.15) is 0 Å². The summed E-state index contributed by atoms with van der Waals surface area (Å²) in [6.45, 7) is 2.87. The zero-order valence-corrected chi connectivity index (χ0v) is 15.6. The van der Waals surface area contributed by atoms with Gasteiger partial charge in [-0.25, -0.2) is 8.78 Å². The Kier molecular flexibility index (Phi) is 6.36. The van der Waals surface area contributed by atoms with Gasteiger partial charge >= 0.3 is 0 Å². The molecule has 0 aromatic heterocycles. The fraction of sp³-hybridized carbons (Fsp3) is 0.333. The molecule has 2 N–H and O–H groups in total. The van der Waals surface area contributed by atoms with Crippen LogP contribution in [0.2, 0.25) is 0 Å². The molecule has 1 atom stereocenters. The Morgan fingerprint density at radius 1 is 1.04 bits per heavy atom. The number of amides is 2. The van der Waals surface area contributed by atoms with Crippen LogP contribution < -0.4 is 10.6 Å². The maximum Gasteiger partial charge on any atom is 0.241 e. The molecule has 0 bridgehead atoms. The highest BCUT2D eigenvalue weighted by atomic mass is 19.1. The van der Waals surface area contributed by atoms with Gasteiger partial charge in [0, 0.05) is 17.7 Å². The van der Waals surface area contributed by atoms with Gasteiger partial charge in [0.15, 0.2) is 0 Å². The molecule has 0 saturated carbocycles. The third-order valence-electron chi connectivity index (χ3n) is 5.06. The molecule has 1 saturated heterocycles. The van der Waals surface area contributed by atoms with Crippen LogP contribution in [0.4, 0.5) is 20.2 Å². The molecule has 0 spiro atoms. The SMILES string of the molecule is C[C@@H](C(=O)Nc1cc(F)ccc1F)N1CCC(C(=O)Nc2ccccc2)CC1. The zero-order valence-electron chi connectivity index (χ0n) is 15.6. The number of nitrogens with zero attached hydrogens (tertiary/aromatic N) is 1. The topological polar surface area (TPSA) is 61.4 Å². The van der Waals surface area contributed by atoms with Gasteiger partial charge in [-0.1, -0.05) is 18.2 Å². The van der Waals surface area contributed by atoms with Crippen molar-refractivity contribution in [3.05, 3.63) is 60.2 Å². The van der Waals surface area contributed by atoms with E-state index in [9.17, 15) is 18.4 Å². The minimum atomic E-state index is -0.682. The lowest BCUT2D eigenvalue weighted by Gasteiger charge is -2.34. The van der Waals surface area contributed by atoms with E-state index in [2.05, 4.69) is 10.6 Å². The van der Waals surface area contributed by atoms with Gasteiger partial charge in [-0.05, 0) is 57.1 Å². The predicted octanol–water partition coefficient (Wildman–Crippen LogP) is 3.64. The van der Waals surface area contributed by atoms with Crippen molar-refractivity contribution in [3.63, 3.8) is 0 Å². The maximum atomic E-state index is 13.7. The van der Waals surface area contributed by atoms with Crippen molar-refractivity contribution in [1.82, 2.24) is 4.90 Å². The number of rotatable bonds is 5. The second-order valence-electron chi connectivity index (χ2n) is 6.95. The van der Waals surface area contributed by atoms with Crippen LogP contribution in [0.5, 0.6) is 0 Å². The van der Waals surface area contributed by atoms with E-state index in [1.165, 1.54) is 0 Å². The molecule has 1 heterocycles. The molecule has 2 amide bonds. The van der Waals surface area contributed by atoms with Gasteiger partial charge < -0.3 is 10.6 Å². The summed E-state index contributed by atoms with van der Waals surface area (Å²) < 4.78 is 27.0. The Hall–Kier alpha value is -2.80. The quantitative estimate of drug-likeness (QED) is 0.823. The molecule has 2 aromatic rings. The molecule has 28 heavy (non-hydrogen) atoms. The second kappa shape index (κ2) is 8.93. The standard InChI is InChI=1S/C21H23F2N3O2/c1-14(20(27)25-19-13-16(22)7-8-18(19)23)26-11-9-15(10-12-26)21(28)24-17-5-3-2-4-6-17/h2-8,13-15H,9-12H2,1H3,(H,24,28)(H,25,27)/t14-/m0/s1. The number of nitrogens with one attached hydrogen (secondary N) is 2. The minimum absolute atomic E-state index is 0.0233. The normalized spacial score (nSPS) is 16.4. The number of halogens is 2. The van der Waals surface area contributed by atoms with Crippen LogP contribution in [0.25, 0.3) is 0 Å². The fourth-order valence-corrected chi connectivity index (χ4v) is 3.31. The van der Waals surface area contributed by atoms with Crippen LogP contribution in [-0.2, 0) is 9.59 Å². The molecule has 1 aliphatic rings. The molecular formula is C21H23F2N3O2. The third-order valence-corrected chi connectivity index (χ3v) is 5.06. The number of anilines is 2. The average Bonchev–Trinajstić information content (AvgIpc) is 2.71. The van der Waals surface area contributed by atoms with Crippen molar-refractivity contribution in [2.45, 2.75) is 25.8 Å². The van der Waals surface area contributed by atoms with Gasteiger partial charge in [0.25, 0.3) is 0 Å². The predicted molar refractivity (Wildman–Crippen MR) is 104 cm³/mol. The number of carbonyl (C=O) groups is 2. The van der Waals surface area contributed by atoms with E-state index in [4.69, 9.17) is 0 Å². The van der Waals surface area contributed by atoms with Gasteiger partial charge in [0.2, 0.25) is 11.8 Å². The molecule has 0 aliphatic carbocycles. The summed E-state index contributed by atoms with van der Waals surface area (Å²) in [6, 6.07) is 11.7. The Bertz CT molecular complexity index is 837. The Morgan fingerprint density at radius 3 is 2.39 bits per heavy atom.